The molecule has 1 aliphatic carbocycles. The Morgan fingerprint density at radius 2 is 1.83 bits per heavy atom. The zero-order chi connectivity index (χ0) is 16.2. The number of benzene rings is 1. The highest BCUT2D eigenvalue weighted by molar-refractivity contribution is 5.33. The van der Waals surface area contributed by atoms with Crippen LogP contribution in [0.25, 0.3) is 0 Å². The Bertz CT molecular complexity index is 547. The van der Waals surface area contributed by atoms with Crippen molar-refractivity contribution in [3.05, 3.63) is 42.0 Å². The SMILES string of the molecule is C=CCCC1CCC(COc2ccc(C3CO3)c(F)c2F)CC1. The van der Waals surface area contributed by atoms with Crippen molar-refractivity contribution in [3.8, 4) is 5.75 Å². The average molecular weight is 322 g/mol. The third-order valence-electron chi connectivity index (χ3n) is 4.98. The highest BCUT2D eigenvalue weighted by Crippen LogP contribution is 2.36. The summed E-state index contributed by atoms with van der Waals surface area (Å²) < 4.78 is 38.6. The molecule has 1 heterocycles. The van der Waals surface area contributed by atoms with Gasteiger partial charge in [0.1, 0.15) is 6.10 Å². The van der Waals surface area contributed by atoms with Crippen molar-refractivity contribution >= 4 is 0 Å². The van der Waals surface area contributed by atoms with Crippen molar-refractivity contribution in [2.24, 2.45) is 11.8 Å². The molecule has 1 saturated carbocycles. The first kappa shape index (κ1) is 16.4. The molecule has 1 unspecified atom stereocenters. The fourth-order valence-electron chi connectivity index (χ4n) is 3.38. The van der Waals surface area contributed by atoms with Crippen LogP contribution in [0.5, 0.6) is 5.75 Å². The molecule has 23 heavy (non-hydrogen) atoms. The minimum atomic E-state index is -0.891. The molecular formula is C19H24F2O2. The van der Waals surface area contributed by atoms with Crippen LogP contribution in [0.1, 0.15) is 50.2 Å². The van der Waals surface area contributed by atoms with Gasteiger partial charge in [-0.1, -0.05) is 18.9 Å². The molecule has 0 spiro atoms. The van der Waals surface area contributed by atoms with Crippen LogP contribution in [0.2, 0.25) is 0 Å². The van der Waals surface area contributed by atoms with Crippen molar-refractivity contribution in [2.45, 2.75) is 44.6 Å². The van der Waals surface area contributed by atoms with E-state index in [1.807, 2.05) is 6.08 Å². The topological polar surface area (TPSA) is 21.8 Å². The van der Waals surface area contributed by atoms with Gasteiger partial charge < -0.3 is 9.47 Å². The van der Waals surface area contributed by atoms with E-state index in [0.29, 0.717) is 19.1 Å². The Morgan fingerprint density at radius 1 is 1.13 bits per heavy atom. The second-order valence-corrected chi connectivity index (χ2v) is 6.67. The van der Waals surface area contributed by atoms with Crippen LogP contribution in [-0.4, -0.2) is 13.2 Å². The third-order valence-corrected chi connectivity index (χ3v) is 4.98. The number of epoxide rings is 1. The molecule has 0 amide bonds. The molecule has 0 bridgehead atoms. The van der Waals surface area contributed by atoms with Gasteiger partial charge in [-0.05, 0) is 49.7 Å². The van der Waals surface area contributed by atoms with Gasteiger partial charge in [0.2, 0.25) is 5.82 Å². The summed E-state index contributed by atoms with van der Waals surface area (Å²) >= 11 is 0. The van der Waals surface area contributed by atoms with Crippen molar-refractivity contribution in [3.63, 3.8) is 0 Å². The maximum absolute atomic E-state index is 14.0. The van der Waals surface area contributed by atoms with Crippen LogP contribution in [0.3, 0.4) is 0 Å². The van der Waals surface area contributed by atoms with Crippen LogP contribution in [0, 0.1) is 23.5 Å². The monoisotopic (exact) mass is 322 g/mol. The number of ether oxygens (including phenoxy) is 2. The quantitative estimate of drug-likeness (QED) is 0.509. The minimum absolute atomic E-state index is 0.0145. The highest BCUT2D eigenvalue weighted by Gasteiger charge is 2.30. The van der Waals surface area contributed by atoms with E-state index in [1.54, 1.807) is 6.07 Å². The standard InChI is InChI=1S/C19H24F2O2/c1-2-3-4-13-5-7-14(8-6-13)11-22-16-10-9-15(17-12-23-17)18(20)19(16)21/h2,9-10,13-14,17H,1,3-8,11-12H2. The molecule has 1 aliphatic heterocycles. The Labute approximate surface area is 136 Å². The van der Waals surface area contributed by atoms with Crippen molar-refractivity contribution in [2.75, 3.05) is 13.2 Å². The Kier molecular flexibility index (Phi) is 5.31. The predicted molar refractivity (Wildman–Crippen MR) is 85.4 cm³/mol. The molecule has 4 heteroatoms. The van der Waals surface area contributed by atoms with Gasteiger partial charge in [-0.25, -0.2) is 4.39 Å². The molecule has 2 fully saturated rings. The highest BCUT2D eigenvalue weighted by atomic mass is 19.2. The van der Waals surface area contributed by atoms with Crippen molar-refractivity contribution < 1.29 is 18.3 Å². The third kappa shape index (κ3) is 4.11. The number of rotatable bonds is 7. The number of hydrogen-bond acceptors (Lipinski definition) is 2. The van der Waals surface area contributed by atoms with Crippen LogP contribution >= 0.6 is 0 Å². The molecule has 1 atom stereocenters. The fraction of sp³-hybridized carbons (Fsp3) is 0.579. The van der Waals surface area contributed by atoms with Gasteiger partial charge in [-0.2, -0.15) is 4.39 Å². The van der Waals surface area contributed by atoms with Gasteiger partial charge in [0, 0.05) is 5.56 Å². The summed E-state index contributed by atoms with van der Waals surface area (Å²) in [5, 5.41) is 0. The lowest BCUT2D eigenvalue weighted by molar-refractivity contribution is 0.174. The summed E-state index contributed by atoms with van der Waals surface area (Å²) in [6.07, 6.45) is 8.55. The van der Waals surface area contributed by atoms with Crippen LogP contribution < -0.4 is 4.74 Å². The maximum atomic E-state index is 14.0. The zero-order valence-electron chi connectivity index (χ0n) is 13.4. The summed E-state index contributed by atoms with van der Waals surface area (Å²) in [7, 11) is 0. The largest absolute Gasteiger partial charge is 0.490 e. The Hall–Kier alpha value is -1.42. The molecule has 2 nitrogen and oxygen atoms in total. The molecule has 0 aromatic heterocycles. The number of halogens is 2. The predicted octanol–water partition coefficient (Wildman–Crippen LogP) is 5.19. The molecule has 3 rings (SSSR count). The molecule has 0 radical (unpaired) electrons. The first-order valence-corrected chi connectivity index (χ1v) is 8.52. The summed E-state index contributed by atoms with van der Waals surface area (Å²) in [5.41, 5.74) is 0.289. The molecule has 0 N–H and O–H groups in total. The van der Waals surface area contributed by atoms with E-state index in [-0.39, 0.29) is 17.4 Å². The van der Waals surface area contributed by atoms with E-state index >= 15 is 0 Å². The summed E-state index contributed by atoms with van der Waals surface area (Å²) in [6.45, 7) is 4.69. The van der Waals surface area contributed by atoms with Gasteiger partial charge >= 0.3 is 0 Å². The van der Waals surface area contributed by atoms with Gasteiger partial charge in [-0.3, -0.25) is 0 Å². The zero-order valence-corrected chi connectivity index (χ0v) is 13.4. The summed E-state index contributed by atoms with van der Waals surface area (Å²) in [4.78, 5) is 0. The van der Waals surface area contributed by atoms with Crippen LogP contribution in [-0.2, 0) is 4.74 Å². The molecule has 1 aromatic carbocycles. The molecular weight excluding hydrogens is 298 g/mol. The van der Waals surface area contributed by atoms with E-state index < -0.39 is 11.6 Å². The smallest absolute Gasteiger partial charge is 0.200 e. The Morgan fingerprint density at radius 3 is 2.48 bits per heavy atom. The van der Waals surface area contributed by atoms with E-state index in [1.165, 1.54) is 25.3 Å². The lowest BCUT2D eigenvalue weighted by Crippen LogP contribution is -2.20. The minimum Gasteiger partial charge on any atom is -0.490 e. The average Bonchev–Trinajstić information content (AvgIpc) is 3.40. The summed E-state index contributed by atoms with van der Waals surface area (Å²) in [6, 6.07) is 3.09. The maximum Gasteiger partial charge on any atom is 0.200 e. The van der Waals surface area contributed by atoms with E-state index in [2.05, 4.69) is 6.58 Å². The number of hydrogen-bond donors (Lipinski definition) is 0. The molecule has 1 saturated heterocycles. The second-order valence-electron chi connectivity index (χ2n) is 6.67. The van der Waals surface area contributed by atoms with E-state index in [9.17, 15) is 8.78 Å². The lowest BCUT2D eigenvalue weighted by Gasteiger charge is -2.28. The normalized spacial score (nSPS) is 26.8. The van der Waals surface area contributed by atoms with Gasteiger partial charge in [-0.15, -0.1) is 6.58 Å². The molecule has 1 aromatic rings. The lowest BCUT2D eigenvalue weighted by atomic mass is 9.80. The van der Waals surface area contributed by atoms with Gasteiger partial charge in [0.15, 0.2) is 11.6 Å². The van der Waals surface area contributed by atoms with Crippen LogP contribution in [0.15, 0.2) is 24.8 Å². The molecule has 2 aliphatic rings. The number of allylic oxidation sites excluding steroid dienone is 1. The summed E-state index contributed by atoms with van der Waals surface area (Å²) in [5.74, 6) is -0.503. The van der Waals surface area contributed by atoms with E-state index in [0.717, 1.165) is 25.2 Å². The second kappa shape index (κ2) is 7.43. The van der Waals surface area contributed by atoms with Gasteiger partial charge in [0.25, 0.3) is 0 Å². The van der Waals surface area contributed by atoms with E-state index in [4.69, 9.17) is 9.47 Å². The van der Waals surface area contributed by atoms with Crippen molar-refractivity contribution in [1.29, 1.82) is 0 Å². The Balaban J connectivity index is 1.49. The van der Waals surface area contributed by atoms with Crippen molar-refractivity contribution in [1.82, 2.24) is 0 Å². The molecule has 126 valence electrons. The first-order chi connectivity index (χ1) is 11.2. The van der Waals surface area contributed by atoms with Gasteiger partial charge in [0.05, 0.1) is 13.2 Å². The van der Waals surface area contributed by atoms with Crippen LogP contribution in [0.4, 0.5) is 8.78 Å². The fourth-order valence-corrected chi connectivity index (χ4v) is 3.38. The first-order valence-electron chi connectivity index (χ1n) is 8.52.